The van der Waals surface area contributed by atoms with Crippen LogP contribution >= 0.6 is 0 Å². The third-order valence-corrected chi connectivity index (χ3v) is 15.0. The molecule has 0 aliphatic rings. The van der Waals surface area contributed by atoms with Gasteiger partial charge in [0.1, 0.15) is 13.2 Å². The highest BCUT2D eigenvalue weighted by molar-refractivity contribution is 5.71. The van der Waals surface area contributed by atoms with Crippen LogP contribution in [0.1, 0.15) is 355 Å². The molecule has 6 nitrogen and oxygen atoms in total. The molecule has 0 saturated heterocycles. The number of hydrogen-bond donors (Lipinski definition) is 0. The van der Waals surface area contributed by atoms with Crippen molar-refractivity contribution in [3.05, 3.63) is 60.8 Å². The number of unbranched alkanes of at least 4 members (excludes halogenated alkanes) is 41. The van der Waals surface area contributed by atoms with E-state index >= 15 is 0 Å². The summed E-state index contributed by atoms with van der Waals surface area (Å²) in [6.45, 7) is 6.55. The van der Waals surface area contributed by atoms with Gasteiger partial charge in [0.15, 0.2) is 6.10 Å². The van der Waals surface area contributed by atoms with E-state index in [-0.39, 0.29) is 31.1 Å². The fourth-order valence-electron chi connectivity index (χ4n) is 9.96. The second-order valence-corrected chi connectivity index (χ2v) is 22.7. The molecule has 0 saturated carbocycles. The summed E-state index contributed by atoms with van der Waals surface area (Å²) in [6.07, 6.45) is 83.9. The quantitative estimate of drug-likeness (QED) is 0.0261. The van der Waals surface area contributed by atoms with Gasteiger partial charge in [-0.2, -0.15) is 0 Å². The Morgan fingerprint density at radius 2 is 0.506 bits per heavy atom. The molecule has 0 bridgehead atoms. The molecule has 1 unspecified atom stereocenters. The van der Waals surface area contributed by atoms with Gasteiger partial charge in [-0.25, -0.2) is 0 Å². The molecule has 1 atom stereocenters. The number of rotatable bonds is 62. The van der Waals surface area contributed by atoms with E-state index in [4.69, 9.17) is 14.2 Å². The highest BCUT2D eigenvalue weighted by Gasteiger charge is 2.19. The molecule has 6 heteroatoms. The van der Waals surface area contributed by atoms with Crippen molar-refractivity contribution in [3.8, 4) is 0 Å². The van der Waals surface area contributed by atoms with Crippen molar-refractivity contribution in [2.75, 3.05) is 13.2 Å². The van der Waals surface area contributed by atoms with E-state index in [0.717, 1.165) is 83.5 Å². The van der Waals surface area contributed by atoms with Crippen molar-refractivity contribution in [2.24, 2.45) is 0 Å². The molecule has 0 aromatic rings. The lowest BCUT2D eigenvalue weighted by molar-refractivity contribution is -0.167. The predicted octanol–water partition coefficient (Wildman–Crippen LogP) is 23.1. The van der Waals surface area contributed by atoms with Crippen LogP contribution < -0.4 is 0 Å². The van der Waals surface area contributed by atoms with Gasteiger partial charge in [0.25, 0.3) is 0 Å². The van der Waals surface area contributed by atoms with E-state index in [1.165, 1.54) is 231 Å². The number of carbonyl (C=O) groups excluding carboxylic acids is 3. The molecule has 0 rings (SSSR count). The first kappa shape index (κ1) is 74.1. The number of carbonyl (C=O) groups is 3. The molecule has 77 heavy (non-hydrogen) atoms. The summed E-state index contributed by atoms with van der Waals surface area (Å²) in [7, 11) is 0. The molecular weight excluding hydrogens is 949 g/mol. The minimum Gasteiger partial charge on any atom is -0.462 e. The fraction of sp³-hybridized carbons (Fsp3) is 0.817. The third kappa shape index (κ3) is 63.8. The van der Waals surface area contributed by atoms with Gasteiger partial charge >= 0.3 is 17.9 Å². The Labute approximate surface area is 479 Å². The van der Waals surface area contributed by atoms with Gasteiger partial charge in [-0.3, -0.25) is 14.4 Å². The predicted molar refractivity (Wildman–Crippen MR) is 335 cm³/mol. The van der Waals surface area contributed by atoms with Crippen molar-refractivity contribution in [3.63, 3.8) is 0 Å². The van der Waals surface area contributed by atoms with Crippen molar-refractivity contribution in [2.45, 2.75) is 361 Å². The second-order valence-electron chi connectivity index (χ2n) is 22.7. The lowest BCUT2D eigenvalue weighted by Crippen LogP contribution is -2.30. The maximum atomic E-state index is 12.9. The van der Waals surface area contributed by atoms with Crippen LogP contribution in [0.2, 0.25) is 0 Å². The molecule has 0 spiro atoms. The average Bonchev–Trinajstić information content (AvgIpc) is 3.43. The highest BCUT2D eigenvalue weighted by Crippen LogP contribution is 2.18. The zero-order valence-electron chi connectivity index (χ0n) is 51.5. The Hall–Kier alpha value is -2.89. The first-order valence-electron chi connectivity index (χ1n) is 33.8. The molecule has 0 aliphatic heterocycles. The Balaban J connectivity index is 4.33. The van der Waals surface area contributed by atoms with Gasteiger partial charge in [-0.05, 0) is 83.5 Å². The summed E-state index contributed by atoms with van der Waals surface area (Å²) >= 11 is 0. The van der Waals surface area contributed by atoms with E-state index in [0.29, 0.717) is 19.3 Å². The molecule has 0 aromatic carbocycles. The van der Waals surface area contributed by atoms with E-state index in [9.17, 15) is 14.4 Å². The van der Waals surface area contributed by atoms with E-state index < -0.39 is 6.10 Å². The molecule has 0 aromatic heterocycles. The number of ether oxygens (including phenoxy) is 3. The average molecular weight is 1080 g/mol. The summed E-state index contributed by atoms with van der Waals surface area (Å²) in [5.41, 5.74) is 0. The fourth-order valence-corrected chi connectivity index (χ4v) is 9.96. The maximum Gasteiger partial charge on any atom is 0.306 e. The summed E-state index contributed by atoms with van der Waals surface area (Å²) in [6, 6.07) is 0. The first-order chi connectivity index (χ1) is 38.0. The van der Waals surface area contributed by atoms with Crippen LogP contribution in [0.3, 0.4) is 0 Å². The van der Waals surface area contributed by atoms with E-state index in [1.54, 1.807) is 0 Å². The first-order valence-corrected chi connectivity index (χ1v) is 33.8. The zero-order chi connectivity index (χ0) is 55.7. The SMILES string of the molecule is CC/C=C\C/C=C\C/C=C\C/C=C\CCCCC(=O)OCC(COC(=O)CCCCCCCCCCCCC/C=C\CCCCCCCCCC)OC(=O)CCCCCCCCCCCCCCCCCCCCCCC. The maximum absolute atomic E-state index is 12.9. The van der Waals surface area contributed by atoms with Crippen LogP contribution in [0, 0.1) is 0 Å². The lowest BCUT2D eigenvalue weighted by Gasteiger charge is -2.18. The highest BCUT2D eigenvalue weighted by atomic mass is 16.6. The van der Waals surface area contributed by atoms with Crippen molar-refractivity contribution in [1.29, 1.82) is 0 Å². The van der Waals surface area contributed by atoms with Crippen LogP contribution in [-0.4, -0.2) is 37.2 Å². The topological polar surface area (TPSA) is 78.9 Å². The van der Waals surface area contributed by atoms with Crippen LogP contribution in [-0.2, 0) is 28.6 Å². The summed E-state index contributed by atoms with van der Waals surface area (Å²) < 4.78 is 16.9. The molecule has 0 aliphatic carbocycles. The summed E-state index contributed by atoms with van der Waals surface area (Å²) in [4.78, 5) is 38.4. The minimum absolute atomic E-state index is 0.0843. The van der Waals surface area contributed by atoms with E-state index in [1.807, 2.05) is 0 Å². The summed E-state index contributed by atoms with van der Waals surface area (Å²) in [5, 5.41) is 0. The molecule has 0 N–H and O–H groups in total. The Morgan fingerprint density at radius 3 is 0.831 bits per heavy atom. The van der Waals surface area contributed by atoms with Gasteiger partial charge in [0, 0.05) is 19.3 Å². The van der Waals surface area contributed by atoms with Crippen molar-refractivity contribution < 1.29 is 28.6 Å². The number of hydrogen-bond acceptors (Lipinski definition) is 6. The third-order valence-electron chi connectivity index (χ3n) is 15.0. The van der Waals surface area contributed by atoms with Gasteiger partial charge in [-0.15, -0.1) is 0 Å². The van der Waals surface area contributed by atoms with Crippen LogP contribution in [0.15, 0.2) is 60.8 Å². The molecular formula is C71H128O6. The van der Waals surface area contributed by atoms with Crippen molar-refractivity contribution >= 4 is 17.9 Å². The lowest BCUT2D eigenvalue weighted by atomic mass is 10.0. The molecule has 0 amide bonds. The second kappa shape index (κ2) is 65.6. The van der Waals surface area contributed by atoms with Gasteiger partial charge in [0.2, 0.25) is 0 Å². The van der Waals surface area contributed by atoms with Crippen LogP contribution in [0.5, 0.6) is 0 Å². The molecule has 0 fully saturated rings. The number of esters is 3. The van der Waals surface area contributed by atoms with Crippen molar-refractivity contribution in [1.82, 2.24) is 0 Å². The van der Waals surface area contributed by atoms with E-state index in [2.05, 4.69) is 81.5 Å². The summed E-state index contributed by atoms with van der Waals surface area (Å²) in [5.74, 6) is -0.906. The largest absolute Gasteiger partial charge is 0.462 e. The smallest absolute Gasteiger partial charge is 0.306 e. The van der Waals surface area contributed by atoms with Gasteiger partial charge in [0.05, 0.1) is 0 Å². The van der Waals surface area contributed by atoms with Crippen LogP contribution in [0.4, 0.5) is 0 Å². The molecule has 0 heterocycles. The van der Waals surface area contributed by atoms with Crippen LogP contribution in [0.25, 0.3) is 0 Å². The standard InChI is InChI=1S/C71H128O6/c1-4-7-10-13-16-19-22-25-28-30-32-34-35-37-38-40-43-46-49-52-55-58-61-64-70(73)76-67-68(66-75-69(72)63-60-57-54-51-48-45-42-27-24-21-18-15-12-9-6-3)77-71(74)65-62-59-56-53-50-47-44-41-39-36-33-31-29-26-23-20-17-14-11-8-5-2/h9,12,18,21,27,30,32,42,48,51,68H,4-8,10-11,13-17,19-20,22-26,28-29,31,33-41,43-47,49-50,52-67H2,1-3H3/b12-9-,21-18-,32-30-,42-27-,51-48-. The molecule has 0 radical (unpaired) electrons. The van der Waals surface area contributed by atoms with Gasteiger partial charge < -0.3 is 14.2 Å². The van der Waals surface area contributed by atoms with Gasteiger partial charge in [-0.1, -0.05) is 313 Å². The Morgan fingerprint density at radius 1 is 0.273 bits per heavy atom. The Kier molecular flexibility index (Phi) is 63.2. The number of allylic oxidation sites excluding steroid dienone is 10. The zero-order valence-corrected chi connectivity index (χ0v) is 51.5. The molecule has 448 valence electrons. The Bertz CT molecular complexity index is 1380. The monoisotopic (exact) mass is 1080 g/mol. The minimum atomic E-state index is -0.791. The normalized spacial score (nSPS) is 12.4.